The third kappa shape index (κ3) is 50.7. The molecule has 0 aliphatic carbocycles. The largest absolute Gasteiger partial charge is 0.756 e. The Labute approximate surface area is 404 Å². The molecule has 2 N–H and O–H groups in total. The van der Waals surface area contributed by atoms with Crippen molar-refractivity contribution >= 4 is 13.7 Å². The summed E-state index contributed by atoms with van der Waals surface area (Å²) in [7, 11) is 1.26. The Morgan fingerprint density at radius 2 is 0.862 bits per heavy atom. The van der Waals surface area contributed by atoms with Crippen molar-refractivity contribution in [1.29, 1.82) is 0 Å². The Kier molecular flexibility index (Phi) is 47.3. The van der Waals surface area contributed by atoms with Gasteiger partial charge in [0.05, 0.1) is 39.9 Å². The number of carbonyl (C=O) groups is 1. The number of quaternary nitrogens is 1. The molecule has 9 heteroatoms. The van der Waals surface area contributed by atoms with Gasteiger partial charge in [-0.3, -0.25) is 9.36 Å². The molecule has 0 aromatic carbocycles. The van der Waals surface area contributed by atoms with Crippen LogP contribution in [0.2, 0.25) is 0 Å². The van der Waals surface area contributed by atoms with Crippen LogP contribution in [0.1, 0.15) is 277 Å². The minimum absolute atomic E-state index is 0.00374. The number of phosphoric acid groups is 1. The van der Waals surface area contributed by atoms with Crippen LogP contribution in [0.5, 0.6) is 0 Å². The van der Waals surface area contributed by atoms with E-state index in [-0.39, 0.29) is 19.1 Å². The lowest BCUT2D eigenvalue weighted by Gasteiger charge is -2.29. The first-order valence-electron chi connectivity index (χ1n) is 28.2. The fraction of sp³-hybridized carbons (Fsp3) is 0.911. The van der Waals surface area contributed by atoms with Crippen LogP contribution in [0.25, 0.3) is 0 Å². The predicted molar refractivity (Wildman–Crippen MR) is 279 cm³/mol. The van der Waals surface area contributed by atoms with Crippen LogP contribution in [-0.2, 0) is 18.4 Å². The van der Waals surface area contributed by atoms with Crippen LogP contribution in [0, 0.1) is 0 Å². The molecule has 8 nitrogen and oxygen atoms in total. The molecule has 0 aromatic heterocycles. The van der Waals surface area contributed by atoms with Gasteiger partial charge in [-0.1, -0.05) is 263 Å². The first kappa shape index (κ1) is 64.0. The van der Waals surface area contributed by atoms with Crippen LogP contribution < -0.4 is 10.2 Å². The number of likely N-dealkylation sites (N-methyl/N-ethyl adjacent to an activating group) is 1. The summed E-state index contributed by atoms with van der Waals surface area (Å²) in [6.45, 7) is 4.67. The Morgan fingerprint density at radius 3 is 1.25 bits per heavy atom. The zero-order valence-electron chi connectivity index (χ0n) is 44.0. The summed E-state index contributed by atoms with van der Waals surface area (Å²) in [6, 6.07) is -0.900. The van der Waals surface area contributed by atoms with E-state index in [9.17, 15) is 19.4 Å². The highest BCUT2D eigenvalue weighted by molar-refractivity contribution is 7.45. The fourth-order valence-electron chi connectivity index (χ4n) is 8.47. The molecule has 3 unspecified atom stereocenters. The second kappa shape index (κ2) is 48.0. The van der Waals surface area contributed by atoms with Crippen LogP contribution in [0.15, 0.2) is 24.3 Å². The summed E-state index contributed by atoms with van der Waals surface area (Å²) in [4.78, 5) is 25.5. The minimum atomic E-state index is -4.60. The van der Waals surface area contributed by atoms with Crippen LogP contribution in [0.4, 0.5) is 0 Å². The normalized spacial score (nSPS) is 14.1. The van der Waals surface area contributed by atoms with E-state index in [1.807, 2.05) is 27.2 Å². The third-order valence-electron chi connectivity index (χ3n) is 12.9. The van der Waals surface area contributed by atoms with Crippen molar-refractivity contribution in [1.82, 2.24) is 5.32 Å². The molecule has 0 bridgehead atoms. The summed E-state index contributed by atoms with van der Waals surface area (Å²) in [6.07, 6.45) is 59.7. The highest BCUT2D eigenvalue weighted by Gasteiger charge is 2.23. The smallest absolute Gasteiger partial charge is 0.268 e. The van der Waals surface area contributed by atoms with Crippen LogP contribution in [0.3, 0.4) is 0 Å². The molecule has 0 heterocycles. The van der Waals surface area contributed by atoms with Crippen molar-refractivity contribution in [2.75, 3.05) is 40.9 Å². The maximum absolute atomic E-state index is 12.9. The number of nitrogens with zero attached hydrogens (tertiary/aromatic N) is 1. The molecule has 0 fully saturated rings. The van der Waals surface area contributed by atoms with E-state index in [1.165, 1.54) is 218 Å². The van der Waals surface area contributed by atoms with E-state index in [4.69, 9.17) is 9.05 Å². The van der Waals surface area contributed by atoms with Gasteiger partial charge in [-0.05, 0) is 32.1 Å². The van der Waals surface area contributed by atoms with Crippen molar-refractivity contribution in [3.05, 3.63) is 24.3 Å². The zero-order valence-corrected chi connectivity index (χ0v) is 44.9. The first-order chi connectivity index (χ1) is 31.5. The van der Waals surface area contributed by atoms with Gasteiger partial charge in [0, 0.05) is 6.42 Å². The molecule has 0 saturated heterocycles. The lowest BCUT2D eigenvalue weighted by molar-refractivity contribution is -0.870. The molecule has 0 spiro atoms. The van der Waals surface area contributed by atoms with Gasteiger partial charge >= 0.3 is 0 Å². The Bertz CT molecular complexity index is 1110. The van der Waals surface area contributed by atoms with E-state index in [0.717, 1.165) is 38.5 Å². The van der Waals surface area contributed by atoms with Crippen molar-refractivity contribution in [3.8, 4) is 0 Å². The molecule has 386 valence electrons. The zero-order chi connectivity index (χ0) is 47.8. The number of hydrogen-bond acceptors (Lipinski definition) is 6. The van der Waals surface area contributed by atoms with Crippen molar-refractivity contribution in [2.45, 2.75) is 289 Å². The highest BCUT2D eigenvalue weighted by atomic mass is 31.2. The summed E-state index contributed by atoms with van der Waals surface area (Å²) >= 11 is 0. The van der Waals surface area contributed by atoms with E-state index in [2.05, 4.69) is 31.3 Å². The van der Waals surface area contributed by atoms with E-state index in [0.29, 0.717) is 17.4 Å². The summed E-state index contributed by atoms with van der Waals surface area (Å²) in [5.74, 6) is -0.201. The maximum atomic E-state index is 12.9. The number of aliphatic hydroxyl groups excluding tert-OH is 1. The van der Waals surface area contributed by atoms with Crippen molar-refractivity contribution in [3.63, 3.8) is 0 Å². The molecular formula is C56H111N2O6P. The first-order valence-corrected chi connectivity index (χ1v) is 29.7. The summed E-state index contributed by atoms with van der Waals surface area (Å²) < 4.78 is 23.3. The Morgan fingerprint density at radius 1 is 0.523 bits per heavy atom. The SMILES string of the molecule is CCCCCCCCCCCCCCCCCC/C=C/CC/C=C/C(O)C(COP(=O)([O-])OCC[N+](C)(C)C)NC(=O)CCCCCCCCCCCCCCCCCCCCCCC. The van der Waals surface area contributed by atoms with Gasteiger partial charge in [0.1, 0.15) is 13.2 Å². The number of allylic oxidation sites excluding steroid dienone is 3. The summed E-state index contributed by atoms with van der Waals surface area (Å²) in [5.41, 5.74) is 0. The summed E-state index contributed by atoms with van der Waals surface area (Å²) in [5, 5.41) is 13.9. The number of carbonyl (C=O) groups excluding carboxylic acids is 1. The fourth-order valence-corrected chi connectivity index (χ4v) is 9.19. The average molecular weight is 939 g/mol. The standard InChI is InChI=1S/C56H111N2O6P/c1-6-8-10-12-14-16-18-20-22-24-26-28-30-31-33-35-37-39-41-43-45-47-49-55(59)54(53-64-65(61,62)63-52-51-58(3,4)5)57-56(60)50-48-46-44-42-40-38-36-34-32-29-27-25-23-21-19-17-15-13-11-9-7-2/h39,41,47,49,54-55,59H,6-38,40,42-46,48,50-53H2,1-5H3,(H-,57,60,61,62)/b41-39+,49-47+. The van der Waals surface area contributed by atoms with Crippen molar-refractivity contribution in [2.24, 2.45) is 0 Å². The Balaban J connectivity index is 4.26. The number of aliphatic hydroxyl groups is 1. The monoisotopic (exact) mass is 939 g/mol. The van der Waals surface area contributed by atoms with Crippen molar-refractivity contribution < 1.29 is 32.9 Å². The van der Waals surface area contributed by atoms with E-state index < -0.39 is 20.0 Å². The number of phosphoric ester groups is 1. The van der Waals surface area contributed by atoms with E-state index >= 15 is 0 Å². The predicted octanol–water partition coefficient (Wildman–Crippen LogP) is 16.2. The molecular weight excluding hydrogens is 828 g/mol. The van der Waals surface area contributed by atoms with Gasteiger partial charge < -0.3 is 28.8 Å². The molecule has 0 aliphatic rings. The minimum Gasteiger partial charge on any atom is -0.756 e. The number of amides is 1. The second-order valence-corrected chi connectivity index (χ2v) is 22.1. The van der Waals surface area contributed by atoms with Gasteiger partial charge in [0.2, 0.25) is 5.91 Å². The molecule has 3 atom stereocenters. The average Bonchev–Trinajstić information content (AvgIpc) is 3.26. The molecule has 65 heavy (non-hydrogen) atoms. The second-order valence-electron chi connectivity index (χ2n) is 20.6. The van der Waals surface area contributed by atoms with Crippen LogP contribution in [-0.4, -0.2) is 68.5 Å². The topological polar surface area (TPSA) is 108 Å². The van der Waals surface area contributed by atoms with Gasteiger partial charge in [0.15, 0.2) is 0 Å². The third-order valence-corrected chi connectivity index (χ3v) is 13.9. The van der Waals surface area contributed by atoms with E-state index in [1.54, 1.807) is 6.08 Å². The molecule has 0 saturated carbocycles. The quantitative estimate of drug-likeness (QED) is 0.0272. The lowest BCUT2D eigenvalue weighted by atomic mass is 10.0. The van der Waals surface area contributed by atoms with Gasteiger partial charge in [-0.25, -0.2) is 0 Å². The number of nitrogens with one attached hydrogen (secondary N) is 1. The molecule has 0 aliphatic heterocycles. The molecule has 0 radical (unpaired) electrons. The lowest BCUT2D eigenvalue weighted by Crippen LogP contribution is -2.45. The molecule has 1 amide bonds. The molecule has 0 rings (SSSR count). The van der Waals surface area contributed by atoms with Crippen LogP contribution >= 0.6 is 7.82 Å². The highest BCUT2D eigenvalue weighted by Crippen LogP contribution is 2.38. The number of hydrogen-bond donors (Lipinski definition) is 2. The van der Waals surface area contributed by atoms with Gasteiger partial charge in [-0.15, -0.1) is 0 Å². The number of unbranched alkanes of at least 4 members (excludes halogenated alkanes) is 37. The number of rotatable bonds is 52. The van der Waals surface area contributed by atoms with Gasteiger partial charge in [0.25, 0.3) is 7.82 Å². The Hall–Kier alpha value is -1.02. The van der Waals surface area contributed by atoms with Gasteiger partial charge in [-0.2, -0.15) is 0 Å². The molecule has 0 aromatic rings. The maximum Gasteiger partial charge on any atom is 0.268 e.